The number of fused-ring (bicyclic) bond motifs is 2. The van der Waals surface area contributed by atoms with Gasteiger partial charge in [-0.05, 0) is 42.2 Å². The van der Waals surface area contributed by atoms with Crippen LogP contribution in [0.2, 0.25) is 0 Å². The van der Waals surface area contributed by atoms with Crippen molar-refractivity contribution in [2.24, 2.45) is 0 Å². The summed E-state index contributed by atoms with van der Waals surface area (Å²) in [4.78, 5) is 31.9. The molecule has 0 radical (unpaired) electrons. The number of ether oxygens (including phenoxy) is 1. The fraction of sp³-hybridized carbons (Fsp3) is 0.333. The normalized spacial score (nSPS) is 19.0. The van der Waals surface area contributed by atoms with Crippen molar-refractivity contribution in [3.63, 3.8) is 0 Å². The van der Waals surface area contributed by atoms with E-state index in [0.29, 0.717) is 26.3 Å². The topological polar surface area (TPSA) is 63.0 Å². The number of nitrogens with zero attached hydrogens (tertiary/aromatic N) is 2. The molecule has 166 valence electrons. The quantitative estimate of drug-likeness (QED) is 0.550. The van der Waals surface area contributed by atoms with Crippen LogP contribution in [0.4, 0.5) is 4.39 Å². The van der Waals surface area contributed by atoms with Crippen molar-refractivity contribution in [3.05, 3.63) is 75.4 Å². The van der Waals surface area contributed by atoms with Crippen molar-refractivity contribution in [1.82, 2.24) is 9.80 Å². The van der Waals surface area contributed by atoms with Crippen LogP contribution < -0.4 is 5.43 Å². The van der Waals surface area contributed by atoms with Gasteiger partial charge in [-0.2, -0.15) is 0 Å². The Labute approximate surface area is 188 Å². The molecule has 8 heteroatoms. The third-order valence-electron chi connectivity index (χ3n) is 6.12. The van der Waals surface area contributed by atoms with E-state index in [0.717, 1.165) is 23.5 Å². The standard InChI is InChI=1S/C24H23FN2O4S/c1-32-17-5-2-15(3-6-17)21-20-22(28)18-14-16(25)4-7-19(18)31-23(20)24(29)27(21)9-8-26-10-12-30-13-11-26/h2-7,14,21H,8-13H2,1H3. The van der Waals surface area contributed by atoms with E-state index < -0.39 is 11.9 Å². The molecule has 6 nitrogen and oxygen atoms in total. The van der Waals surface area contributed by atoms with Gasteiger partial charge in [-0.1, -0.05) is 12.1 Å². The van der Waals surface area contributed by atoms with Gasteiger partial charge in [0, 0.05) is 31.1 Å². The number of hydrogen-bond donors (Lipinski definition) is 0. The minimum Gasteiger partial charge on any atom is -0.450 e. The van der Waals surface area contributed by atoms with Crippen LogP contribution in [-0.2, 0) is 4.74 Å². The molecule has 1 atom stereocenters. The maximum Gasteiger partial charge on any atom is 0.290 e. The maximum absolute atomic E-state index is 13.9. The van der Waals surface area contributed by atoms with Gasteiger partial charge in [-0.25, -0.2) is 4.39 Å². The Hall–Kier alpha value is -2.68. The van der Waals surface area contributed by atoms with Crippen LogP contribution >= 0.6 is 11.8 Å². The summed E-state index contributed by atoms with van der Waals surface area (Å²) in [5, 5.41) is 0.150. The number of thioether (sulfide) groups is 1. The van der Waals surface area contributed by atoms with Gasteiger partial charge in [0.1, 0.15) is 11.4 Å². The molecule has 3 heterocycles. The molecular formula is C24H23FN2O4S. The Morgan fingerprint density at radius 3 is 2.53 bits per heavy atom. The van der Waals surface area contributed by atoms with Crippen molar-refractivity contribution < 1.29 is 18.3 Å². The molecule has 0 saturated carbocycles. The molecule has 1 saturated heterocycles. The second kappa shape index (κ2) is 8.69. The average molecular weight is 455 g/mol. The second-order valence-corrected chi connectivity index (χ2v) is 8.82. The summed E-state index contributed by atoms with van der Waals surface area (Å²) in [6, 6.07) is 11.1. The van der Waals surface area contributed by atoms with Crippen LogP contribution in [0.5, 0.6) is 0 Å². The predicted octanol–water partition coefficient (Wildman–Crippen LogP) is 3.53. The molecule has 0 spiro atoms. The predicted molar refractivity (Wildman–Crippen MR) is 121 cm³/mol. The Morgan fingerprint density at radius 1 is 1.06 bits per heavy atom. The molecule has 0 N–H and O–H groups in total. The highest BCUT2D eigenvalue weighted by atomic mass is 32.2. The lowest BCUT2D eigenvalue weighted by Gasteiger charge is -2.31. The van der Waals surface area contributed by atoms with Crippen molar-refractivity contribution in [3.8, 4) is 0 Å². The van der Waals surface area contributed by atoms with E-state index in [1.165, 1.54) is 18.2 Å². The van der Waals surface area contributed by atoms with E-state index in [-0.39, 0.29) is 33.6 Å². The number of carbonyl (C=O) groups is 1. The van der Waals surface area contributed by atoms with Crippen LogP contribution in [0.25, 0.3) is 11.0 Å². The Balaban J connectivity index is 1.60. The second-order valence-electron chi connectivity index (χ2n) is 7.94. The molecule has 5 rings (SSSR count). The first-order chi connectivity index (χ1) is 15.6. The summed E-state index contributed by atoms with van der Waals surface area (Å²) in [6.07, 6.45) is 1.99. The number of rotatable bonds is 5. The van der Waals surface area contributed by atoms with Gasteiger partial charge in [0.05, 0.1) is 30.2 Å². The zero-order chi connectivity index (χ0) is 22.2. The number of halogens is 1. The van der Waals surface area contributed by atoms with Gasteiger partial charge in [-0.15, -0.1) is 11.8 Å². The van der Waals surface area contributed by atoms with Crippen molar-refractivity contribution in [2.75, 3.05) is 45.6 Å². The van der Waals surface area contributed by atoms with Crippen molar-refractivity contribution in [1.29, 1.82) is 0 Å². The smallest absolute Gasteiger partial charge is 0.290 e. The minimum absolute atomic E-state index is 0.0510. The summed E-state index contributed by atoms with van der Waals surface area (Å²) in [5.41, 5.74) is 0.976. The SMILES string of the molecule is CSc1ccc(C2c3c(oc4ccc(F)cc4c3=O)C(=O)N2CCN2CCOCC2)cc1. The molecule has 1 unspecified atom stereocenters. The molecule has 0 bridgehead atoms. The van der Waals surface area contributed by atoms with Crippen LogP contribution in [0.1, 0.15) is 27.7 Å². The van der Waals surface area contributed by atoms with Gasteiger partial charge >= 0.3 is 0 Å². The van der Waals surface area contributed by atoms with E-state index in [4.69, 9.17) is 9.15 Å². The third kappa shape index (κ3) is 3.72. The van der Waals surface area contributed by atoms with E-state index in [1.54, 1.807) is 16.7 Å². The molecule has 1 fully saturated rings. The van der Waals surface area contributed by atoms with Crippen LogP contribution in [-0.4, -0.2) is 61.4 Å². The van der Waals surface area contributed by atoms with Crippen molar-refractivity contribution in [2.45, 2.75) is 10.9 Å². The average Bonchev–Trinajstić information content (AvgIpc) is 3.10. The lowest BCUT2D eigenvalue weighted by molar-refractivity contribution is 0.0314. The molecule has 32 heavy (non-hydrogen) atoms. The van der Waals surface area contributed by atoms with Gasteiger partial charge in [0.25, 0.3) is 5.91 Å². The first-order valence-electron chi connectivity index (χ1n) is 10.6. The molecular weight excluding hydrogens is 431 g/mol. The number of amides is 1. The molecule has 2 aliphatic rings. The number of morpholine rings is 1. The largest absolute Gasteiger partial charge is 0.450 e. The highest BCUT2D eigenvalue weighted by Gasteiger charge is 2.42. The monoisotopic (exact) mass is 454 g/mol. The highest BCUT2D eigenvalue weighted by molar-refractivity contribution is 7.98. The fourth-order valence-electron chi connectivity index (χ4n) is 4.43. The minimum atomic E-state index is -0.571. The molecule has 3 aromatic rings. The maximum atomic E-state index is 13.9. The van der Waals surface area contributed by atoms with Gasteiger partial charge in [-0.3, -0.25) is 14.5 Å². The van der Waals surface area contributed by atoms with E-state index in [9.17, 15) is 14.0 Å². The first-order valence-corrected chi connectivity index (χ1v) is 11.8. The van der Waals surface area contributed by atoms with E-state index in [1.807, 2.05) is 30.5 Å². The third-order valence-corrected chi connectivity index (χ3v) is 6.86. The zero-order valence-corrected chi connectivity index (χ0v) is 18.5. The summed E-state index contributed by atoms with van der Waals surface area (Å²) < 4.78 is 25.2. The van der Waals surface area contributed by atoms with Crippen LogP contribution in [0, 0.1) is 5.82 Å². The highest BCUT2D eigenvalue weighted by Crippen LogP contribution is 2.38. The number of benzene rings is 2. The van der Waals surface area contributed by atoms with Gasteiger partial charge in [0.2, 0.25) is 5.76 Å². The molecule has 1 amide bonds. The Kier molecular flexibility index (Phi) is 5.75. The number of hydrogen-bond acceptors (Lipinski definition) is 6. The van der Waals surface area contributed by atoms with Gasteiger partial charge < -0.3 is 14.1 Å². The molecule has 2 aromatic carbocycles. The molecule has 1 aromatic heterocycles. The summed E-state index contributed by atoms with van der Waals surface area (Å²) >= 11 is 1.62. The van der Waals surface area contributed by atoms with Gasteiger partial charge in [0.15, 0.2) is 5.43 Å². The lowest BCUT2D eigenvalue weighted by atomic mass is 9.98. The van der Waals surface area contributed by atoms with Crippen LogP contribution in [0.3, 0.4) is 0 Å². The summed E-state index contributed by atoms with van der Waals surface area (Å²) in [7, 11) is 0. The number of carbonyl (C=O) groups excluding carboxylic acids is 1. The summed E-state index contributed by atoms with van der Waals surface area (Å²) in [6.45, 7) is 4.08. The fourth-order valence-corrected chi connectivity index (χ4v) is 4.84. The van der Waals surface area contributed by atoms with Crippen molar-refractivity contribution >= 4 is 28.6 Å². The lowest BCUT2D eigenvalue weighted by Crippen LogP contribution is -2.42. The zero-order valence-electron chi connectivity index (χ0n) is 17.7. The van der Waals surface area contributed by atoms with Crippen LogP contribution in [0.15, 0.2) is 56.6 Å². The Morgan fingerprint density at radius 2 is 1.81 bits per heavy atom. The Bertz CT molecular complexity index is 1220. The summed E-state index contributed by atoms with van der Waals surface area (Å²) in [5.74, 6) is -0.773. The molecule has 2 aliphatic heterocycles. The first kappa shape index (κ1) is 21.2. The molecule has 0 aliphatic carbocycles. The van der Waals surface area contributed by atoms with E-state index >= 15 is 0 Å². The van der Waals surface area contributed by atoms with E-state index in [2.05, 4.69) is 4.90 Å².